The summed E-state index contributed by atoms with van der Waals surface area (Å²) in [6, 6.07) is -0.0865. The van der Waals surface area contributed by atoms with Crippen LogP contribution in [-0.2, 0) is 14.3 Å². The van der Waals surface area contributed by atoms with Crippen molar-refractivity contribution in [1.82, 2.24) is 5.32 Å². The molecule has 0 heterocycles. The summed E-state index contributed by atoms with van der Waals surface area (Å²) < 4.78 is 4.56. The Morgan fingerprint density at radius 1 is 1.26 bits per heavy atom. The molecule has 1 aliphatic rings. The first-order chi connectivity index (χ1) is 9.13. The zero-order chi connectivity index (χ0) is 14.1. The van der Waals surface area contributed by atoms with E-state index in [0.717, 1.165) is 32.1 Å². The van der Waals surface area contributed by atoms with Crippen LogP contribution < -0.4 is 11.1 Å². The molecule has 1 fully saturated rings. The van der Waals surface area contributed by atoms with Gasteiger partial charge in [0.15, 0.2) is 0 Å². The number of unbranched alkanes of at least 4 members (excludes halogenated alkanes) is 2. The number of hydrogen-bond donors (Lipinski definition) is 2. The molecule has 0 unspecified atom stereocenters. The molecule has 0 radical (unpaired) electrons. The number of carbonyl (C=O) groups excluding carboxylic acids is 2. The first kappa shape index (κ1) is 16.0. The first-order valence-electron chi connectivity index (χ1n) is 7.26. The van der Waals surface area contributed by atoms with E-state index in [0.29, 0.717) is 18.9 Å². The monoisotopic (exact) mass is 270 g/mol. The van der Waals surface area contributed by atoms with Gasteiger partial charge in [0, 0.05) is 12.5 Å². The standard InChI is InChI=1S/C14H26N2O3/c1-19-13(17)10-4-2-3-9-12(15)14(18)16-11-7-5-6-8-11/h11-12H,2-10,15H2,1H3,(H,16,18)/t12-/m0/s1. The lowest BCUT2D eigenvalue weighted by atomic mass is 10.1. The summed E-state index contributed by atoms with van der Waals surface area (Å²) in [6.45, 7) is 0. The van der Waals surface area contributed by atoms with Crippen molar-refractivity contribution in [2.24, 2.45) is 5.73 Å². The van der Waals surface area contributed by atoms with Gasteiger partial charge in [-0.15, -0.1) is 0 Å². The highest BCUT2D eigenvalue weighted by Crippen LogP contribution is 2.17. The number of amides is 1. The second-order valence-electron chi connectivity index (χ2n) is 5.27. The normalized spacial score (nSPS) is 17.2. The molecular weight excluding hydrogens is 244 g/mol. The molecule has 0 aromatic rings. The molecule has 0 saturated heterocycles. The number of carbonyl (C=O) groups is 2. The predicted molar refractivity (Wildman–Crippen MR) is 73.5 cm³/mol. The maximum absolute atomic E-state index is 11.8. The number of methoxy groups -OCH3 is 1. The van der Waals surface area contributed by atoms with Crippen molar-refractivity contribution in [3.05, 3.63) is 0 Å². The van der Waals surface area contributed by atoms with Crippen LogP contribution in [0.25, 0.3) is 0 Å². The Labute approximate surface area is 115 Å². The minimum absolute atomic E-state index is 0.0279. The summed E-state index contributed by atoms with van der Waals surface area (Å²) in [5, 5.41) is 3.01. The largest absolute Gasteiger partial charge is 0.469 e. The van der Waals surface area contributed by atoms with Gasteiger partial charge in [-0.1, -0.05) is 25.7 Å². The SMILES string of the molecule is COC(=O)CCCCC[C@H](N)C(=O)NC1CCCC1. The fraction of sp³-hybridized carbons (Fsp3) is 0.857. The van der Waals surface area contributed by atoms with Crippen molar-refractivity contribution in [3.8, 4) is 0 Å². The van der Waals surface area contributed by atoms with Gasteiger partial charge < -0.3 is 15.8 Å². The number of rotatable bonds is 8. The molecule has 1 saturated carbocycles. The lowest BCUT2D eigenvalue weighted by Gasteiger charge is -2.16. The Kier molecular flexibility index (Phi) is 7.48. The third kappa shape index (κ3) is 6.57. The third-order valence-electron chi connectivity index (χ3n) is 3.66. The van der Waals surface area contributed by atoms with E-state index in [1.807, 2.05) is 0 Å². The molecule has 0 aromatic carbocycles. The molecule has 19 heavy (non-hydrogen) atoms. The van der Waals surface area contributed by atoms with Crippen molar-refractivity contribution >= 4 is 11.9 Å². The van der Waals surface area contributed by atoms with Crippen molar-refractivity contribution in [1.29, 1.82) is 0 Å². The molecule has 0 aliphatic heterocycles. The minimum Gasteiger partial charge on any atom is -0.469 e. The van der Waals surface area contributed by atoms with Crippen LogP contribution in [0.2, 0.25) is 0 Å². The Morgan fingerprint density at radius 2 is 1.95 bits per heavy atom. The first-order valence-corrected chi connectivity index (χ1v) is 7.26. The third-order valence-corrected chi connectivity index (χ3v) is 3.66. The van der Waals surface area contributed by atoms with E-state index in [1.54, 1.807) is 0 Å². The summed E-state index contributed by atoms with van der Waals surface area (Å²) in [7, 11) is 1.39. The van der Waals surface area contributed by atoms with Crippen LogP contribution >= 0.6 is 0 Å². The molecule has 110 valence electrons. The van der Waals surface area contributed by atoms with E-state index in [-0.39, 0.29) is 11.9 Å². The lowest BCUT2D eigenvalue weighted by Crippen LogP contribution is -2.44. The van der Waals surface area contributed by atoms with Crippen molar-refractivity contribution in [2.45, 2.75) is 69.9 Å². The molecule has 0 bridgehead atoms. The van der Waals surface area contributed by atoms with E-state index in [4.69, 9.17) is 5.73 Å². The summed E-state index contributed by atoms with van der Waals surface area (Å²) >= 11 is 0. The summed E-state index contributed by atoms with van der Waals surface area (Å²) in [6.07, 6.45) is 8.26. The number of nitrogens with two attached hydrogens (primary N) is 1. The predicted octanol–water partition coefficient (Wildman–Crippen LogP) is 1.50. The Morgan fingerprint density at radius 3 is 2.58 bits per heavy atom. The second kappa shape index (κ2) is 8.91. The summed E-state index contributed by atoms with van der Waals surface area (Å²) in [4.78, 5) is 22.7. The van der Waals surface area contributed by atoms with Crippen LogP contribution in [0, 0.1) is 0 Å². The van der Waals surface area contributed by atoms with Gasteiger partial charge in [0.05, 0.1) is 13.2 Å². The molecule has 5 heteroatoms. The van der Waals surface area contributed by atoms with Gasteiger partial charge >= 0.3 is 5.97 Å². The topological polar surface area (TPSA) is 81.4 Å². The quantitative estimate of drug-likeness (QED) is 0.517. The average Bonchev–Trinajstić information content (AvgIpc) is 2.90. The molecule has 1 aliphatic carbocycles. The van der Waals surface area contributed by atoms with E-state index in [9.17, 15) is 9.59 Å². The van der Waals surface area contributed by atoms with Gasteiger partial charge in [-0.25, -0.2) is 0 Å². The molecule has 5 nitrogen and oxygen atoms in total. The van der Waals surface area contributed by atoms with Gasteiger partial charge in [0.2, 0.25) is 5.91 Å². The molecule has 1 rings (SSSR count). The van der Waals surface area contributed by atoms with E-state index < -0.39 is 6.04 Å². The van der Waals surface area contributed by atoms with Crippen LogP contribution in [0.1, 0.15) is 57.8 Å². The van der Waals surface area contributed by atoms with Crippen LogP contribution in [-0.4, -0.2) is 31.1 Å². The maximum atomic E-state index is 11.8. The Bertz CT molecular complexity index is 288. The van der Waals surface area contributed by atoms with Crippen molar-refractivity contribution in [3.63, 3.8) is 0 Å². The number of nitrogens with one attached hydrogen (secondary N) is 1. The average molecular weight is 270 g/mol. The molecule has 3 N–H and O–H groups in total. The zero-order valence-corrected chi connectivity index (χ0v) is 11.8. The molecule has 1 amide bonds. The smallest absolute Gasteiger partial charge is 0.305 e. The van der Waals surface area contributed by atoms with Gasteiger partial charge in [-0.3, -0.25) is 9.59 Å². The van der Waals surface area contributed by atoms with Crippen LogP contribution in [0.5, 0.6) is 0 Å². The second-order valence-corrected chi connectivity index (χ2v) is 5.27. The van der Waals surface area contributed by atoms with Crippen LogP contribution in [0.15, 0.2) is 0 Å². The van der Waals surface area contributed by atoms with Gasteiger partial charge in [0.1, 0.15) is 0 Å². The molecule has 0 spiro atoms. The Hall–Kier alpha value is -1.10. The highest BCUT2D eigenvalue weighted by Gasteiger charge is 2.20. The number of esters is 1. The molecular formula is C14H26N2O3. The zero-order valence-electron chi connectivity index (χ0n) is 11.8. The molecule has 1 atom stereocenters. The lowest BCUT2D eigenvalue weighted by molar-refractivity contribution is -0.140. The summed E-state index contributed by atoms with van der Waals surface area (Å²) in [5.41, 5.74) is 5.86. The fourth-order valence-corrected chi connectivity index (χ4v) is 2.42. The highest BCUT2D eigenvalue weighted by molar-refractivity contribution is 5.81. The fourth-order valence-electron chi connectivity index (χ4n) is 2.42. The molecule has 0 aromatic heterocycles. The van der Waals surface area contributed by atoms with Crippen molar-refractivity contribution < 1.29 is 14.3 Å². The van der Waals surface area contributed by atoms with Crippen LogP contribution in [0.3, 0.4) is 0 Å². The van der Waals surface area contributed by atoms with Crippen molar-refractivity contribution in [2.75, 3.05) is 7.11 Å². The van der Waals surface area contributed by atoms with E-state index in [2.05, 4.69) is 10.1 Å². The van der Waals surface area contributed by atoms with Crippen LogP contribution in [0.4, 0.5) is 0 Å². The van der Waals surface area contributed by atoms with Gasteiger partial charge in [-0.05, 0) is 25.7 Å². The minimum atomic E-state index is -0.418. The van der Waals surface area contributed by atoms with E-state index in [1.165, 1.54) is 20.0 Å². The van der Waals surface area contributed by atoms with Gasteiger partial charge in [-0.2, -0.15) is 0 Å². The Balaban J connectivity index is 2.04. The summed E-state index contributed by atoms with van der Waals surface area (Å²) in [5.74, 6) is -0.205. The number of hydrogen-bond acceptors (Lipinski definition) is 4. The highest BCUT2D eigenvalue weighted by atomic mass is 16.5. The van der Waals surface area contributed by atoms with E-state index >= 15 is 0 Å². The maximum Gasteiger partial charge on any atom is 0.305 e. The number of ether oxygens (including phenoxy) is 1. The van der Waals surface area contributed by atoms with Gasteiger partial charge in [0.25, 0.3) is 0 Å².